The van der Waals surface area contributed by atoms with Gasteiger partial charge in [-0.2, -0.15) is 0 Å². The quantitative estimate of drug-likeness (QED) is 0.605. The Morgan fingerprint density at radius 1 is 1.62 bits per heavy atom. The van der Waals surface area contributed by atoms with Crippen LogP contribution in [0.5, 0.6) is 5.75 Å². The number of methoxy groups -OCH3 is 1. The van der Waals surface area contributed by atoms with E-state index in [0.29, 0.717) is 13.0 Å². The lowest BCUT2D eigenvalue weighted by Crippen LogP contribution is -2.24. The molecule has 1 aromatic carbocycles. The van der Waals surface area contributed by atoms with Crippen molar-refractivity contribution in [3.8, 4) is 5.75 Å². The van der Waals surface area contributed by atoms with Gasteiger partial charge in [0.05, 0.1) is 20.1 Å². The lowest BCUT2D eigenvalue weighted by molar-refractivity contribution is -0.142. The van der Waals surface area contributed by atoms with Crippen molar-refractivity contribution in [2.75, 3.05) is 19.5 Å². The molecule has 0 bridgehead atoms. The van der Waals surface area contributed by atoms with Gasteiger partial charge < -0.3 is 15.2 Å². The average molecular weight is 221 g/mol. The molecule has 1 aromatic rings. The molecule has 1 aliphatic rings. The highest BCUT2D eigenvalue weighted by molar-refractivity contribution is 5.69. The molecule has 4 nitrogen and oxygen atoms in total. The van der Waals surface area contributed by atoms with Crippen LogP contribution < -0.4 is 10.5 Å². The molecule has 1 heterocycles. The van der Waals surface area contributed by atoms with Gasteiger partial charge >= 0.3 is 5.97 Å². The topological polar surface area (TPSA) is 61.5 Å². The molecule has 16 heavy (non-hydrogen) atoms. The second kappa shape index (κ2) is 4.43. The van der Waals surface area contributed by atoms with Crippen LogP contribution in [0.25, 0.3) is 0 Å². The van der Waals surface area contributed by atoms with E-state index in [0.717, 1.165) is 23.4 Å². The first-order valence-electron chi connectivity index (χ1n) is 5.27. The first-order valence-corrected chi connectivity index (χ1v) is 5.27. The highest BCUT2D eigenvalue weighted by Gasteiger charge is 2.22. The summed E-state index contributed by atoms with van der Waals surface area (Å²) in [6, 6.07) is 5.59. The van der Waals surface area contributed by atoms with Gasteiger partial charge in [0.2, 0.25) is 0 Å². The molecule has 0 radical (unpaired) electrons. The highest BCUT2D eigenvalue weighted by atomic mass is 16.5. The molecule has 0 saturated carbocycles. The summed E-state index contributed by atoms with van der Waals surface area (Å²) in [5.41, 5.74) is 7.50. The fraction of sp³-hybridized carbons (Fsp3) is 0.417. The number of anilines is 1. The summed E-state index contributed by atoms with van der Waals surface area (Å²) < 4.78 is 10.2. The summed E-state index contributed by atoms with van der Waals surface area (Å²) in [7, 11) is 1.40. The van der Waals surface area contributed by atoms with Gasteiger partial charge in [0.1, 0.15) is 5.75 Å². The Morgan fingerprint density at radius 2 is 2.44 bits per heavy atom. The van der Waals surface area contributed by atoms with Crippen molar-refractivity contribution < 1.29 is 14.3 Å². The predicted octanol–water partition coefficient (Wildman–Crippen LogP) is 1.38. The lowest BCUT2D eigenvalue weighted by atomic mass is 9.94. The van der Waals surface area contributed by atoms with Crippen molar-refractivity contribution in [3.63, 3.8) is 0 Å². The summed E-state index contributed by atoms with van der Waals surface area (Å²) in [4.78, 5) is 11.2. The zero-order chi connectivity index (χ0) is 11.5. The van der Waals surface area contributed by atoms with Crippen LogP contribution in [0.3, 0.4) is 0 Å². The number of esters is 1. The smallest absolute Gasteiger partial charge is 0.305 e. The third-order valence-electron chi connectivity index (χ3n) is 2.75. The molecular formula is C12H15NO3. The maximum atomic E-state index is 11.2. The standard InChI is InChI=1S/C12H15NO3/c1-15-12(14)5-8-4-9-6-10(13)2-3-11(9)16-7-8/h2-3,6,8H,4-5,7,13H2,1H3/t8-/m1/s1. The van der Waals surface area contributed by atoms with Crippen LogP contribution in [0.4, 0.5) is 5.69 Å². The Labute approximate surface area is 94.3 Å². The SMILES string of the molecule is COC(=O)C[C@@H]1COc2ccc(N)cc2C1. The average Bonchev–Trinajstić information content (AvgIpc) is 2.28. The van der Waals surface area contributed by atoms with Crippen molar-refractivity contribution in [1.29, 1.82) is 0 Å². The van der Waals surface area contributed by atoms with Crippen LogP contribution in [0.1, 0.15) is 12.0 Å². The molecule has 0 spiro atoms. The molecule has 2 rings (SSSR count). The van der Waals surface area contributed by atoms with E-state index in [4.69, 9.17) is 10.5 Å². The number of carbonyl (C=O) groups excluding carboxylic acids is 1. The Kier molecular flexibility index (Phi) is 2.99. The van der Waals surface area contributed by atoms with Crippen molar-refractivity contribution in [3.05, 3.63) is 23.8 Å². The van der Waals surface area contributed by atoms with E-state index in [2.05, 4.69) is 4.74 Å². The van der Waals surface area contributed by atoms with E-state index in [1.165, 1.54) is 7.11 Å². The van der Waals surface area contributed by atoms with Gasteiger partial charge in [-0.05, 0) is 30.2 Å². The monoisotopic (exact) mass is 221 g/mol. The van der Waals surface area contributed by atoms with Gasteiger partial charge in [0.15, 0.2) is 0 Å². The molecule has 0 fully saturated rings. The van der Waals surface area contributed by atoms with Crippen LogP contribution in [0, 0.1) is 5.92 Å². The fourth-order valence-electron chi connectivity index (χ4n) is 1.93. The Hall–Kier alpha value is -1.71. The Morgan fingerprint density at radius 3 is 3.19 bits per heavy atom. The van der Waals surface area contributed by atoms with E-state index in [1.807, 2.05) is 18.2 Å². The number of nitrogens with two attached hydrogens (primary N) is 1. The number of ether oxygens (including phenoxy) is 2. The van der Waals surface area contributed by atoms with Crippen molar-refractivity contribution in [2.45, 2.75) is 12.8 Å². The molecule has 86 valence electrons. The molecular weight excluding hydrogens is 206 g/mol. The first-order chi connectivity index (χ1) is 7.69. The lowest BCUT2D eigenvalue weighted by Gasteiger charge is -2.24. The third kappa shape index (κ3) is 2.27. The molecule has 1 aliphatic heterocycles. The summed E-state index contributed by atoms with van der Waals surface area (Å²) in [6.45, 7) is 0.562. The summed E-state index contributed by atoms with van der Waals surface area (Å²) in [5, 5.41) is 0. The van der Waals surface area contributed by atoms with Gasteiger partial charge in [-0.3, -0.25) is 4.79 Å². The van der Waals surface area contributed by atoms with Gasteiger partial charge in [-0.15, -0.1) is 0 Å². The summed E-state index contributed by atoms with van der Waals surface area (Å²) in [5.74, 6) is 0.859. The number of carbonyl (C=O) groups is 1. The molecule has 0 amide bonds. The van der Waals surface area contributed by atoms with Gasteiger partial charge in [-0.1, -0.05) is 0 Å². The maximum absolute atomic E-state index is 11.2. The number of nitrogen functional groups attached to an aromatic ring is 1. The molecule has 1 atom stereocenters. The normalized spacial score (nSPS) is 18.4. The van der Waals surface area contributed by atoms with Crippen LogP contribution in [0.2, 0.25) is 0 Å². The highest BCUT2D eigenvalue weighted by Crippen LogP contribution is 2.30. The number of rotatable bonds is 2. The number of hydrogen-bond donors (Lipinski definition) is 1. The van der Waals surface area contributed by atoms with E-state index in [-0.39, 0.29) is 11.9 Å². The van der Waals surface area contributed by atoms with Crippen LogP contribution in [-0.2, 0) is 16.0 Å². The van der Waals surface area contributed by atoms with Gasteiger partial charge in [0, 0.05) is 11.6 Å². The molecule has 0 aromatic heterocycles. The predicted molar refractivity (Wildman–Crippen MR) is 60.2 cm³/mol. The van der Waals surface area contributed by atoms with Crippen LogP contribution >= 0.6 is 0 Å². The van der Waals surface area contributed by atoms with E-state index in [1.54, 1.807) is 0 Å². The second-order valence-corrected chi connectivity index (χ2v) is 4.03. The summed E-state index contributed by atoms with van der Waals surface area (Å²) in [6.07, 6.45) is 1.21. The van der Waals surface area contributed by atoms with Crippen molar-refractivity contribution >= 4 is 11.7 Å². The molecule has 0 unspecified atom stereocenters. The van der Waals surface area contributed by atoms with E-state index in [9.17, 15) is 4.79 Å². The minimum Gasteiger partial charge on any atom is -0.493 e. The van der Waals surface area contributed by atoms with Crippen LogP contribution in [0.15, 0.2) is 18.2 Å². The largest absolute Gasteiger partial charge is 0.493 e. The first kappa shape index (κ1) is 10.8. The number of benzene rings is 1. The van der Waals surface area contributed by atoms with Gasteiger partial charge in [-0.25, -0.2) is 0 Å². The van der Waals surface area contributed by atoms with E-state index >= 15 is 0 Å². The van der Waals surface area contributed by atoms with Crippen LogP contribution in [-0.4, -0.2) is 19.7 Å². The van der Waals surface area contributed by atoms with Gasteiger partial charge in [0.25, 0.3) is 0 Å². The molecule has 2 N–H and O–H groups in total. The zero-order valence-corrected chi connectivity index (χ0v) is 9.23. The van der Waals surface area contributed by atoms with Crippen molar-refractivity contribution in [1.82, 2.24) is 0 Å². The molecule has 0 saturated heterocycles. The number of fused-ring (bicyclic) bond motifs is 1. The zero-order valence-electron chi connectivity index (χ0n) is 9.23. The third-order valence-corrected chi connectivity index (χ3v) is 2.75. The van der Waals surface area contributed by atoms with Crippen molar-refractivity contribution in [2.24, 2.45) is 5.92 Å². The Balaban J connectivity index is 2.08. The molecule has 4 heteroatoms. The summed E-state index contributed by atoms with van der Waals surface area (Å²) >= 11 is 0. The molecule has 0 aliphatic carbocycles. The minimum absolute atomic E-state index is 0.182. The fourth-order valence-corrected chi connectivity index (χ4v) is 1.93. The maximum Gasteiger partial charge on any atom is 0.305 e. The second-order valence-electron chi connectivity index (χ2n) is 4.03. The minimum atomic E-state index is -0.194. The number of hydrogen-bond acceptors (Lipinski definition) is 4. The van der Waals surface area contributed by atoms with E-state index < -0.39 is 0 Å². The Bertz CT molecular complexity index is 403.